The monoisotopic (exact) mass is 279 g/mol. The van der Waals surface area contributed by atoms with Crippen LogP contribution in [0.15, 0.2) is 0 Å². The summed E-state index contributed by atoms with van der Waals surface area (Å²) in [5, 5.41) is 0. The largest absolute Gasteiger partial charge is 0.340 e. The summed E-state index contributed by atoms with van der Waals surface area (Å²) in [5.74, 6) is 0.308. The minimum absolute atomic E-state index is 0.0912. The van der Waals surface area contributed by atoms with E-state index in [0.29, 0.717) is 19.0 Å². The first kappa shape index (κ1) is 13.9. The number of likely N-dealkylation sites (tertiary alicyclic amines) is 1. The Morgan fingerprint density at radius 1 is 1.10 bits per heavy atom. The molecule has 0 aromatic carbocycles. The fourth-order valence-electron chi connectivity index (χ4n) is 3.75. The second kappa shape index (κ2) is 5.72. The smallest absolute Gasteiger partial charge is 0.228 e. The predicted octanol–water partition coefficient (Wildman–Crippen LogP) is 0.552. The number of carbonyl (C=O) groups is 2. The summed E-state index contributed by atoms with van der Waals surface area (Å²) in [6.07, 6.45) is 5.14. The van der Waals surface area contributed by atoms with Crippen molar-refractivity contribution in [3.8, 4) is 0 Å². The summed E-state index contributed by atoms with van der Waals surface area (Å²) in [7, 11) is 2.09. The van der Waals surface area contributed by atoms with Gasteiger partial charge in [0.1, 0.15) is 0 Å². The van der Waals surface area contributed by atoms with Gasteiger partial charge in [-0.15, -0.1) is 0 Å². The van der Waals surface area contributed by atoms with Crippen LogP contribution in [0, 0.1) is 5.92 Å². The average molecular weight is 279 g/mol. The maximum Gasteiger partial charge on any atom is 0.228 e. The van der Waals surface area contributed by atoms with Gasteiger partial charge in [0.2, 0.25) is 11.8 Å². The summed E-state index contributed by atoms with van der Waals surface area (Å²) >= 11 is 0. The third-order valence-corrected chi connectivity index (χ3v) is 5.09. The second-order valence-corrected chi connectivity index (χ2v) is 6.51. The first-order valence-electron chi connectivity index (χ1n) is 7.92. The number of rotatable bonds is 2. The van der Waals surface area contributed by atoms with Gasteiger partial charge in [-0.2, -0.15) is 0 Å². The molecule has 2 heterocycles. The first-order valence-corrected chi connectivity index (χ1v) is 7.92. The molecule has 0 aromatic heterocycles. The topological polar surface area (TPSA) is 43.9 Å². The first-order chi connectivity index (χ1) is 9.65. The summed E-state index contributed by atoms with van der Waals surface area (Å²) in [5.41, 5.74) is 0. The van der Waals surface area contributed by atoms with Crippen LogP contribution in [0.5, 0.6) is 0 Å². The van der Waals surface area contributed by atoms with Gasteiger partial charge in [0.25, 0.3) is 0 Å². The van der Waals surface area contributed by atoms with Gasteiger partial charge in [0.05, 0.1) is 5.92 Å². The molecule has 1 aliphatic carbocycles. The molecule has 0 N–H and O–H groups in total. The number of hydrogen-bond donors (Lipinski definition) is 0. The molecule has 5 heteroatoms. The number of nitrogens with zero attached hydrogens (tertiary/aromatic N) is 3. The minimum Gasteiger partial charge on any atom is -0.340 e. The van der Waals surface area contributed by atoms with Crippen LogP contribution in [0.2, 0.25) is 0 Å². The maximum absolute atomic E-state index is 12.5. The Bertz CT molecular complexity index is 385. The van der Waals surface area contributed by atoms with Crippen molar-refractivity contribution in [1.82, 2.24) is 14.7 Å². The van der Waals surface area contributed by atoms with Gasteiger partial charge in [-0.3, -0.25) is 9.59 Å². The van der Waals surface area contributed by atoms with Crippen LogP contribution in [-0.4, -0.2) is 72.3 Å². The molecule has 3 fully saturated rings. The van der Waals surface area contributed by atoms with Crippen LogP contribution in [0.25, 0.3) is 0 Å². The van der Waals surface area contributed by atoms with E-state index in [2.05, 4.69) is 11.9 Å². The van der Waals surface area contributed by atoms with E-state index < -0.39 is 0 Å². The van der Waals surface area contributed by atoms with E-state index >= 15 is 0 Å². The van der Waals surface area contributed by atoms with E-state index in [4.69, 9.17) is 0 Å². The van der Waals surface area contributed by atoms with Crippen LogP contribution in [0.3, 0.4) is 0 Å². The van der Waals surface area contributed by atoms with Crippen LogP contribution in [0.1, 0.15) is 32.1 Å². The summed E-state index contributed by atoms with van der Waals surface area (Å²) < 4.78 is 0. The van der Waals surface area contributed by atoms with Crippen LogP contribution in [0.4, 0.5) is 0 Å². The molecular formula is C15H25N3O2. The van der Waals surface area contributed by atoms with Crippen molar-refractivity contribution in [3.63, 3.8) is 0 Å². The van der Waals surface area contributed by atoms with Crippen LogP contribution < -0.4 is 0 Å². The van der Waals surface area contributed by atoms with Gasteiger partial charge in [-0.1, -0.05) is 12.8 Å². The van der Waals surface area contributed by atoms with Crippen LogP contribution >= 0.6 is 0 Å². The zero-order valence-corrected chi connectivity index (χ0v) is 12.4. The second-order valence-electron chi connectivity index (χ2n) is 6.51. The average Bonchev–Trinajstić information content (AvgIpc) is 3.07. The normalized spacial score (nSPS) is 29.4. The molecule has 112 valence electrons. The van der Waals surface area contributed by atoms with Gasteiger partial charge < -0.3 is 14.7 Å². The molecule has 0 bridgehead atoms. The molecule has 0 spiro atoms. The molecule has 1 saturated carbocycles. The van der Waals surface area contributed by atoms with E-state index in [1.54, 1.807) is 0 Å². The highest BCUT2D eigenvalue weighted by Gasteiger charge is 2.40. The van der Waals surface area contributed by atoms with Crippen molar-refractivity contribution in [1.29, 1.82) is 0 Å². The van der Waals surface area contributed by atoms with Crippen molar-refractivity contribution in [2.24, 2.45) is 5.92 Å². The lowest BCUT2D eigenvalue weighted by molar-refractivity contribution is -0.137. The Morgan fingerprint density at radius 3 is 2.40 bits per heavy atom. The Hall–Kier alpha value is -1.10. The van der Waals surface area contributed by atoms with E-state index in [0.717, 1.165) is 39.0 Å². The lowest BCUT2D eigenvalue weighted by Gasteiger charge is -2.34. The highest BCUT2D eigenvalue weighted by Crippen LogP contribution is 2.30. The zero-order chi connectivity index (χ0) is 14.1. The summed E-state index contributed by atoms with van der Waals surface area (Å²) in [6.45, 7) is 4.17. The van der Waals surface area contributed by atoms with Gasteiger partial charge in [-0.05, 0) is 19.9 Å². The number of likely N-dealkylation sites (N-methyl/N-ethyl adjacent to an activating group) is 1. The lowest BCUT2D eigenvalue weighted by atomic mass is 10.1. The molecule has 0 aromatic rings. The Balaban J connectivity index is 1.58. The zero-order valence-electron chi connectivity index (χ0n) is 12.4. The van der Waals surface area contributed by atoms with E-state index in [1.807, 2.05) is 9.80 Å². The molecule has 3 aliphatic rings. The minimum atomic E-state index is -0.0912. The molecule has 1 unspecified atom stereocenters. The fraction of sp³-hybridized carbons (Fsp3) is 0.867. The van der Waals surface area contributed by atoms with Crippen molar-refractivity contribution < 1.29 is 9.59 Å². The van der Waals surface area contributed by atoms with Gasteiger partial charge >= 0.3 is 0 Å². The highest BCUT2D eigenvalue weighted by molar-refractivity contribution is 5.89. The molecular weight excluding hydrogens is 254 g/mol. The quantitative estimate of drug-likeness (QED) is 0.741. The molecule has 5 nitrogen and oxygen atoms in total. The third-order valence-electron chi connectivity index (χ3n) is 5.09. The molecule has 0 radical (unpaired) electrons. The van der Waals surface area contributed by atoms with Crippen molar-refractivity contribution in [2.75, 3.05) is 39.8 Å². The molecule has 2 aliphatic heterocycles. The Kier molecular flexibility index (Phi) is 3.96. The van der Waals surface area contributed by atoms with Gasteiger partial charge in [0.15, 0.2) is 0 Å². The van der Waals surface area contributed by atoms with Crippen molar-refractivity contribution in [3.05, 3.63) is 0 Å². The molecule has 20 heavy (non-hydrogen) atoms. The molecule has 3 rings (SSSR count). The summed E-state index contributed by atoms with van der Waals surface area (Å²) in [6, 6.07) is 0.410. The predicted molar refractivity (Wildman–Crippen MR) is 76.2 cm³/mol. The van der Waals surface area contributed by atoms with Crippen LogP contribution in [-0.2, 0) is 9.59 Å². The fourth-order valence-corrected chi connectivity index (χ4v) is 3.75. The number of hydrogen-bond acceptors (Lipinski definition) is 3. The molecule has 1 atom stereocenters. The number of amides is 2. The number of carbonyl (C=O) groups excluding carboxylic acids is 2. The number of piperazine rings is 1. The Morgan fingerprint density at radius 2 is 1.75 bits per heavy atom. The van der Waals surface area contributed by atoms with Crippen molar-refractivity contribution >= 4 is 11.8 Å². The molecule has 2 saturated heterocycles. The Labute approximate surface area is 120 Å². The standard InChI is InChI=1S/C15H25N3O2/c1-16-6-8-17(9-7-16)15(20)12-10-14(19)18(11-12)13-4-2-3-5-13/h12-13H,2-11H2,1H3. The summed E-state index contributed by atoms with van der Waals surface area (Å²) in [4.78, 5) is 30.9. The van der Waals surface area contributed by atoms with E-state index in [9.17, 15) is 9.59 Å². The van der Waals surface area contributed by atoms with Gasteiger partial charge in [-0.25, -0.2) is 0 Å². The highest BCUT2D eigenvalue weighted by atomic mass is 16.2. The van der Waals surface area contributed by atoms with Crippen molar-refractivity contribution in [2.45, 2.75) is 38.1 Å². The maximum atomic E-state index is 12.5. The van der Waals surface area contributed by atoms with Gasteiger partial charge in [0, 0.05) is 45.2 Å². The third kappa shape index (κ3) is 2.68. The van der Waals surface area contributed by atoms with E-state index in [1.165, 1.54) is 12.8 Å². The lowest BCUT2D eigenvalue weighted by Crippen LogP contribution is -2.49. The molecule has 2 amide bonds. The SMILES string of the molecule is CN1CCN(C(=O)C2CC(=O)N(C3CCCC3)C2)CC1. The van der Waals surface area contributed by atoms with E-state index in [-0.39, 0.29) is 17.7 Å².